The van der Waals surface area contributed by atoms with Gasteiger partial charge >= 0.3 is 0 Å². The Morgan fingerprint density at radius 2 is 2.00 bits per heavy atom. The summed E-state index contributed by atoms with van der Waals surface area (Å²) in [6, 6.07) is 0. The van der Waals surface area contributed by atoms with Crippen LogP contribution in [0.4, 0.5) is 0 Å². The van der Waals surface area contributed by atoms with Crippen LogP contribution in [-0.4, -0.2) is 32.7 Å². The van der Waals surface area contributed by atoms with Gasteiger partial charge in [-0.1, -0.05) is 6.92 Å². The van der Waals surface area contributed by atoms with Crippen LogP contribution in [0, 0.1) is 0 Å². The van der Waals surface area contributed by atoms with Crippen molar-refractivity contribution >= 4 is 5.78 Å². The number of hydrogen-bond acceptors (Lipinski definition) is 3. The first-order valence-corrected chi connectivity index (χ1v) is 4.39. The average molecular weight is 174 g/mol. The fraction of sp³-hybridized carbons (Fsp3) is 0.889. The standard InChI is InChI=1S/C9H18O3/c1-3-9(10)5-8-12-7-4-6-11-2/h3-8H2,1-2H3. The molecule has 0 aliphatic rings. The summed E-state index contributed by atoms with van der Waals surface area (Å²) in [6.45, 7) is 3.83. The van der Waals surface area contributed by atoms with Crippen molar-refractivity contribution in [3.63, 3.8) is 0 Å². The van der Waals surface area contributed by atoms with Crippen molar-refractivity contribution in [2.45, 2.75) is 26.2 Å². The van der Waals surface area contributed by atoms with E-state index in [9.17, 15) is 4.79 Å². The molecule has 0 aromatic carbocycles. The third-order valence-electron chi connectivity index (χ3n) is 1.56. The maximum atomic E-state index is 10.8. The fourth-order valence-corrected chi connectivity index (χ4v) is 0.770. The van der Waals surface area contributed by atoms with Gasteiger partial charge in [0.2, 0.25) is 0 Å². The zero-order chi connectivity index (χ0) is 9.23. The number of ether oxygens (including phenoxy) is 2. The van der Waals surface area contributed by atoms with Gasteiger partial charge in [-0.15, -0.1) is 0 Å². The Morgan fingerprint density at radius 3 is 2.58 bits per heavy atom. The lowest BCUT2D eigenvalue weighted by molar-refractivity contribution is -0.119. The van der Waals surface area contributed by atoms with Gasteiger partial charge in [0.15, 0.2) is 0 Å². The summed E-state index contributed by atoms with van der Waals surface area (Å²) in [4.78, 5) is 10.8. The van der Waals surface area contributed by atoms with E-state index in [1.165, 1.54) is 0 Å². The van der Waals surface area contributed by atoms with E-state index in [-0.39, 0.29) is 5.78 Å². The molecular weight excluding hydrogens is 156 g/mol. The molecule has 0 unspecified atom stereocenters. The zero-order valence-corrected chi connectivity index (χ0v) is 7.97. The molecule has 72 valence electrons. The van der Waals surface area contributed by atoms with Gasteiger partial charge < -0.3 is 9.47 Å². The maximum absolute atomic E-state index is 10.8. The minimum Gasteiger partial charge on any atom is -0.385 e. The lowest BCUT2D eigenvalue weighted by Gasteiger charge is -2.01. The highest BCUT2D eigenvalue weighted by atomic mass is 16.5. The van der Waals surface area contributed by atoms with Crippen LogP contribution < -0.4 is 0 Å². The second-order valence-electron chi connectivity index (χ2n) is 2.60. The Kier molecular flexibility index (Phi) is 8.39. The van der Waals surface area contributed by atoms with E-state index >= 15 is 0 Å². The SMILES string of the molecule is CCC(=O)CCOCCCOC. The van der Waals surface area contributed by atoms with Gasteiger partial charge in [0.25, 0.3) is 0 Å². The van der Waals surface area contributed by atoms with E-state index < -0.39 is 0 Å². The van der Waals surface area contributed by atoms with Gasteiger partial charge in [0.05, 0.1) is 6.61 Å². The van der Waals surface area contributed by atoms with E-state index in [0.717, 1.165) is 13.0 Å². The first kappa shape index (κ1) is 11.6. The van der Waals surface area contributed by atoms with Crippen LogP contribution in [0.1, 0.15) is 26.2 Å². The van der Waals surface area contributed by atoms with Crippen LogP contribution in [0.5, 0.6) is 0 Å². The van der Waals surface area contributed by atoms with Crippen LogP contribution in [0.25, 0.3) is 0 Å². The van der Waals surface area contributed by atoms with Crippen molar-refractivity contribution in [2.24, 2.45) is 0 Å². The van der Waals surface area contributed by atoms with Crippen molar-refractivity contribution in [3.05, 3.63) is 0 Å². The third kappa shape index (κ3) is 7.69. The van der Waals surface area contributed by atoms with Crippen molar-refractivity contribution in [1.82, 2.24) is 0 Å². The fourth-order valence-electron chi connectivity index (χ4n) is 0.770. The first-order valence-electron chi connectivity index (χ1n) is 4.39. The lowest BCUT2D eigenvalue weighted by atomic mass is 10.2. The number of rotatable bonds is 8. The van der Waals surface area contributed by atoms with Crippen molar-refractivity contribution < 1.29 is 14.3 Å². The number of Topliss-reactive ketones (excluding diaryl/α,β-unsaturated/α-hetero) is 1. The third-order valence-corrected chi connectivity index (χ3v) is 1.56. The summed E-state index contributed by atoms with van der Waals surface area (Å²) in [7, 11) is 1.67. The van der Waals surface area contributed by atoms with Crippen LogP contribution in [-0.2, 0) is 14.3 Å². The van der Waals surface area contributed by atoms with Gasteiger partial charge in [-0.3, -0.25) is 4.79 Å². The molecule has 0 saturated heterocycles. The lowest BCUT2D eigenvalue weighted by Crippen LogP contribution is -2.05. The highest BCUT2D eigenvalue weighted by molar-refractivity contribution is 5.78. The molecule has 0 bridgehead atoms. The Bertz CT molecular complexity index is 112. The minimum atomic E-state index is 0.266. The van der Waals surface area contributed by atoms with E-state index in [4.69, 9.17) is 9.47 Å². The second kappa shape index (κ2) is 8.68. The summed E-state index contributed by atoms with van der Waals surface area (Å²) in [5, 5.41) is 0. The quantitative estimate of drug-likeness (QED) is 0.522. The predicted molar refractivity (Wildman–Crippen MR) is 47.2 cm³/mol. The molecule has 0 spiro atoms. The summed E-state index contributed by atoms with van der Waals surface area (Å²) in [5.41, 5.74) is 0. The molecule has 0 radical (unpaired) electrons. The molecule has 3 nitrogen and oxygen atoms in total. The van der Waals surface area contributed by atoms with Crippen molar-refractivity contribution in [1.29, 1.82) is 0 Å². The van der Waals surface area contributed by atoms with Gasteiger partial charge in [-0.2, -0.15) is 0 Å². The van der Waals surface area contributed by atoms with E-state index in [2.05, 4.69) is 0 Å². The number of carbonyl (C=O) groups is 1. The number of ketones is 1. The van der Waals surface area contributed by atoms with Crippen LogP contribution in [0.2, 0.25) is 0 Å². The van der Waals surface area contributed by atoms with Gasteiger partial charge in [0.1, 0.15) is 5.78 Å². The monoisotopic (exact) mass is 174 g/mol. The summed E-state index contributed by atoms with van der Waals surface area (Å²) >= 11 is 0. The zero-order valence-electron chi connectivity index (χ0n) is 7.97. The molecule has 0 aromatic rings. The number of hydrogen-bond donors (Lipinski definition) is 0. The first-order chi connectivity index (χ1) is 5.81. The Morgan fingerprint density at radius 1 is 1.25 bits per heavy atom. The van der Waals surface area contributed by atoms with Gasteiger partial charge in [-0.25, -0.2) is 0 Å². The van der Waals surface area contributed by atoms with E-state index in [0.29, 0.717) is 26.1 Å². The summed E-state index contributed by atoms with van der Waals surface area (Å²) in [6.07, 6.45) is 2.06. The number of methoxy groups -OCH3 is 1. The second-order valence-corrected chi connectivity index (χ2v) is 2.60. The molecule has 0 aliphatic heterocycles. The molecule has 0 saturated carbocycles. The molecule has 3 heteroatoms. The molecule has 0 rings (SSSR count). The predicted octanol–water partition coefficient (Wildman–Crippen LogP) is 1.41. The molecule has 0 N–H and O–H groups in total. The topological polar surface area (TPSA) is 35.5 Å². The molecule has 0 fully saturated rings. The molecular formula is C9H18O3. The van der Waals surface area contributed by atoms with Crippen molar-refractivity contribution in [2.75, 3.05) is 26.9 Å². The molecule has 0 aromatic heterocycles. The minimum absolute atomic E-state index is 0.266. The van der Waals surface area contributed by atoms with Crippen molar-refractivity contribution in [3.8, 4) is 0 Å². The van der Waals surface area contributed by atoms with E-state index in [1.807, 2.05) is 6.92 Å². The molecule has 0 aliphatic carbocycles. The molecule has 0 heterocycles. The molecule has 12 heavy (non-hydrogen) atoms. The highest BCUT2D eigenvalue weighted by Gasteiger charge is 1.96. The van der Waals surface area contributed by atoms with Crippen LogP contribution in [0.15, 0.2) is 0 Å². The average Bonchev–Trinajstić information content (AvgIpc) is 2.10. The highest BCUT2D eigenvalue weighted by Crippen LogP contribution is 1.91. The summed E-state index contributed by atoms with van der Waals surface area (Å²) in [5.74, 6) is 0.266. The van der Waals surface area contributed by atoms with E-state index in [1.54, 1.807) is 7.11 Å². The van der Waals surface area contributed by atoms with Crippen LogP contribution >= 0.6 is 0 Å². The van der Waals surface area contributed by atoms with Gasteiger partial charge in [-0.05, 0) is 6.42 Å². The Hall–Kier alpha value is -0.410. The largest absolute Gasteiger partial charge is 0.385 e. The maximum Gasteiger partial charge on any atom is 0.134 e. The smallest absolute Gasteiger partial charge is 0.134 e. The summed E-state index contributed by atoms with van der Waals surface area (Å²) < 4.78 is 10.1. The normalized spacial score (nSPS) is 10.2. The number of carbonyl (C=O) groups excluding carboxylic acids is 1. The Balaban J connectivity index is 2.95. The Labute approximate surface area is 74.0 Å². The molecule has 0 amide bonds. The molecule has 0 atom stereocenters. The van der Waals surface area contributed by atoms with Gasteiger partial charge in [0, 0.05) is 33.2 Å². The van der Waals surface area contributed by atoms with Crippen LogP contribution in [0.3, 0.4) is 0 Å².